The number of sulfonamides is 1. The number of benzene rings is 3. The van der Waals surface area contributed by atoms with Crippen LogP contribution in [0.15, 0.2) is 88.2 Å². The van der Waals surface area contributed by atoms with Crippen molar-refractivity contribution in [2.75, 3.05) is 5.32 Å². The molecule has 1 N–H and O–H groups in total. The zero-order valence-corrected chi connectivity index (χ0v) is 13.9. The Morgan fingerprint density at radius 1 is 0.800 bits per heavy atom. The number of ether oxygens (including phenoxy) is 1. The Kier molecular flexibility index (Phi) is 3.74. The van der Waals surface area contributed by atoms with E-state index in [9.17, 15) is 8.42 Å². The topological polar surface area (TPSA) is 67.8 Å². The first kappa shape index (κ1) is 15.4. The largest absolute Gasteiger partial charge is 0.455 e. The summed E-state index contributed by atoms with van der Waals surface area (Å²) < 4.78 is 34.1. The van der Waals surface area contributed by atoms with Gasteiger partial charge in [-0.2, -0.15) is 8.42 Å². The number of rotatable bonds is 3. The molecule has 1 aliphatic heterocycles. The smallest absolute Gasteiger partial charge is 0.285 e. The Labute approximate surface area is 145 Å². The van der Waals surface area contributed by atoms with Crippen LogP contribution in [-0.2, 0) is 10.0 Å². The molecule has 0 saturated heterocycles. The predicted molar refractivity (Wildman–Crippen MR) is 96.7 cm³/mol. The van der Waals surface area contributed by atoms with Crippen LogP contribution in [0.5, 0.6) is 11.5 Å². The Balaban J connectivity index is 1.69. The van der Waals surface area contributed by atoms with Gasteiger partial charge in [-0.15, -0.1) is 4.40 Å². The Bertz CT molecular complexity index is 1060. The van der Waals surface area contributed by atoms with E-state index in [0.717, 1.165) is 0 Å². The molecule has 3 aromatic carbocycles. The lowest BCUT2D eigenvalue weighted by atomic mass is 10.2. The van der Waals surface area contributed by atoms with Gasteiger partial charge in [-0.1, -0.05) is 42.5 Å². The van der Waals surface area contributed by atoms with E-state index in [1.807, 2.05) is 54.6 Å². The standard InChI is InChI=1S/C19H14N2O3S/c22-25(23)18-13-7-4-10-15(18)19(21-25)20-16-11-5-6-12-17(16)24-14-8-2-1-3-9-14/h1-13H,(H,20,21). The van der Waals surface area contributed by atoms with Crippen LogP contribution in [0.25, 0.3) is 0 Å². The van der Waals surface area contributed by atoms with Crippen molar-refractivity contribution in [1.82, 2.24) is 0 Å². The zero-order valence-electron chi connectivity index (χ0n) is 13.1. The monoisotopic (exact) mass is 350 g/mol. The Morgan fingerprint density at radius 2 is 1.48 bits per heavy atom. The summed E-state index contributed by atoms with van der Waals surface area (Å²) in [6.45, 7) is 0. The van der Waals surface area contributed by atoms with E-state index in [0.29, 0.717) is 28.6 Å². The summed E-state index contributed by atoms with van der Waals surface area (Å²) in [6.07, 6.45) is 0. The van der Waals surface area contributed by atoms with Crippen LogP contribution in [0.4, 0.5) is 5.69 Å². The van der Waals surface area contributed by atoms with Crippen LogP contribution in [-0.4, -0.2) is 14.3 Å². The molecule has 6 heteroatoms. The summed E-state index contributed by atoms with van der Waals surface area (Å²) in [5.41, 5.74) is 1.19. The fourth-order valence-corrected chi connectivity index (χ4v) is 3.77. The average Bonchev–Trinajstić information content (AvgIpc) is 2.89. The summed E-state index contributed by atoms with van der Waals surface area (Å²) in [5.74, 6) is 1.57. The third-order valence-corrected chi connectivity index (χ3v) is 5.08. The first-order valence-corrected chi connectivity index (χ1v) is 9.11. The van der Waals surface area contributed by atoms with E-state index < -0.39 is 10.0 Å². The van der Waals surface area contributed by atoms with Gasteiger partial charge < -0.3 is 10.1 Å². The molecule has 0 atom stereocenters. The molecule has 0 aromatic heterocycles. The van der Waals surface area contributed by atoms with Crippen LogP contribution >= 0.6 is 0 Å². The molecule has 0 bridgehead atoms. The quantitative estimate of drug-likeness (QED) is 0.774. The molecule has 124 valence electrons. The summed E-state index contributed by atoms with van der Waals surface area (Å²) in [6, 6.07) is 23.4. The average molecular weight is 350 g/mol. The number of nitrogens with one attached hydrogen (secondary N) is 1. The van der Waals surface area contributed by atoms with Crippen molar-refractivity contribution in [3.63, 3.8) is 0 Å². The van der Waals surface area contributed by atoms with Gasteiger partial charge in [0.25, 0.3) is 10.0 Å². The minimum Gasteiger partial charge on any atom is -0.455 e. The lowest BCUT2D eigenvalue weighted by Crippen LogP contribution is -2.12. The molecule has 1 aliphatic rings. The lowest BCUT2D eigenvalue weighted by molar-refractivity contribution is 0.485. The number of amidine groups is 1. The number of anilines is 1. The second kappa shape index (κ2) is 6.07. The van der Waals surface area contributed by atoms with Gasteiger partial charge in [-0.05, 0) is 36.4 Å². The van der Waals surface area contributed by atoms with E-state index in [2.05, 4.69) is 9.71 Å². The van der Waals surface area contributed by atoms with Gasteiger partial charge in [0.2, 0.25) is 0 Å². The van der Waals surface area contributed by atoms with E-state index in [1.54, 1.807) is 24.3 Å². The molecule has 0 amide bonds. The van der Waals surface area contributed by atoms with Gasteiger partial charge in [-0.3, -0.25) is 0 Å². The van der Waals surface area contributed by atoms with Crippen LogP contribution in [0.2, 0.25) is 0 Å². The van der Waals surface area contributed by atoms with Crippen LogP contribution in [0.3, 0.4) is 0 Å². The Morgan fingerprint density at radius 3 is 2.32 bits per heavy atom. The van der Waals surface area contributed by atoms with Gasteiger partial charge in [0.1, 0.15) is 10.6 Å². The van der Waals surface area contributed by atoms with Gasteiger partial charge >= 0.3 is 0 Å². The number of hydrogen-bond donors (Lipinski definition) is 1. The molecular formula is C19H14N2O3S. The van der Waals surface area contributed by atoms with Gasteiger partial charge in [0.05, 0.1) is 5.69 Å². The zero-order chi connectivity index (χ0) is 17.3. The highest BCUT2D eigenvalue weighted by Crippen LogP contribution is 2.32. The maximum absolute atomic E-state index is 12.2. The third kappa shape index (κ3) is 2.99. The van der Waals surface area contributed by atoms with E-state index in [1.165, 1.54) is 0 Å². The van der Waals surface area contributed by atoms with Crippen molar-refractivity contribution in [1.29, 1.82) is 0 Å². The summed E-state index contributed by atoms with van der Waals surface area (Å²) in [4.78, 5) is 0.207. The molecule has 0 spiro atoms. The first-order valence-electron chi connectivity index (χ1n) is 7.67. The fraction of sp³-hybridized carbons (Fsp3) is 0. The molecule has 25 heavy (non-hydrogen) atoms. The van der Waals surface area contributed by atoms with Crippen molar-refractivity contribution in [2.45, 2.75) is 4.90 Å². The summed E-state index contributed by atoms with van der Waals surface area (Å²) >= 11 is 0. The highest BCUT2D eigenvalue weighted by molar-refractivity contribution is 7.90. The summed E-state index contributed by atoms with van der Waals surface area (Å²) in [7, 11) is -3.66. The van der Waals surface area contributed by atoms with Crippen LogP contribution in [0.1, 0.15) is 5.56 Å². The van der Waals surface area contributed by atoms with Crippen molar-refractivity contribution in [3.05, 3.63) is 84.4 Å². The van der Waals surface area contributed by atoms with Crippen molar-refractivity contribution in [2.24, 2.45) is 4.40 Å². The minimum atomic E-state index is -3.66. The molecule has 0 unspecified atom stereocenters. The third-order valence-electron chi connectivity index (χ3n) is 3.74. The maximum atomic E-state index is 12.2. The molecule has 0 radical (unpaired) electrons. The van der Waals surface area contributed by atoms with E-state index in [-0.39, 0.29) is 4.90 Å². The highest BCUT2D eigenvalue weighted by Gasteiger charge is 2.28. The molecule has 0 saturated carbocycles. The molecular weight excluding hydrogens is 336 g/mol. The molecule has 0 fully saturated rings. The first-order chi connectivity index (χ1) is 12.1. The van der Waals surface area contributed by atoms with Gasteiger partial charge in [0, 0.05) is 5.56 Å². The number of para-hydroxylation sites is 3. The van der Waals surface area contributed by atoms with Crippen molar-refractivity contribution < 1.29 is 13.2 Å². The SMILES string of the molecule is O=S1(=O)N=C(Nc2ccccc2Oc2ccccc2)c2ccccc21. The number of nitrogens with zero attached hydrogens (tertiary/aromatic N) is 1. The van der Waals surface area contributed by atoms with Crippen LogP contribution < -0.4 is 10.1 Å². The second-order valence-electron chi connectivity index (χ2n) is 5.45. The number of hydrogen-bond acceptors (Lipinski definition) is 4. The van der Waals surface area contributed by atoms with Crippen LogP contribution in [0, 0.1) is 0 Å². The van der Waals surface area contributed by atoms with E-state index in [4.69, 9.17) is 4.74 Å². The molecule has 1 heterocycles. The highest BCUT2D eigenvalue weighted by atomic mass is 32.2. The molecule has 4 rings (SSSR count). The van der Waals surface area contributed by atoms with Gasteiger partial charge in [-0.25, -0.2) is 0 Å². The lowest BCUT2D eigenvalue weighted by Gasteiger charge is -2.13. The van der Waals surface area contributed by atoms with Crippen molar-refractivity contribution in [3.8, 4) is 11.5 Å². The maximum Gasteiger partial charge on any atom is 0.285 e. The molecule has 3 aromatic rings. The predicted octanol–water partition coefficient (Wildman–Crippen LogP) is 4.04. The minimum absolute atomic E-state index is 0.207. The second-order valence-corrected chi connectivity index (χ2v) is 7.02. The normalized spacial score (nSPS) is 14.5. The number of fused-ring (bicyclic) bond motifs is 1. The van der Waals surface area contributed by atoms with Gasteiger partial charge in [0.15, 0.2) is 11.6 Å². The Hall–Kier alpha value is -3.12. The fourth-order valence-electron chi connectivity index (χ4n) is 2.60. The molecule has 5 nitrogen and oxygen atoms in total. The molecule has 0 aliphatic carbocycles. The van der Waals surface area contributed by atoms with E-state index >= 15 is 0 Å². The van der Waals surface area contributed by atoms with Crippen molar-refractivity contribution >= 4 is 21.5 Å². The summed E-state index contributed by atoms with van der Waals surface area (Å²) in [5, 5.41) is 3.09.